The topological polar surface area (TPSA) is 97.1 Å². The Bertz CT molecular complexity index is 1080. The number of aromatic carboxylic acids is 1. The van der Waals surface area contributed by atoms with Gasteiger partial charge in [-0.1, -0.05) is 17.7 Å². The summed E-state index contributed by atoms with van der Waals surface area (Å²) >= 11 is 5.80. The lowest BCUT2D eigenvalue weighted by Gasteiger charge is -2.19. The molecule has 0 fully saturated rings. The number of nitrogens with one attached hydrogen (secondary N) is 1. The van der Waals surface area contributed by atoms with Crippen molar-refractivity contribution in [3.63, 3.8) is 0 Å². The van der Waals surface area contributed by atoms with Crippen LogP contribution >= 0.6 is 11.6 Å². The Morgan fingerprint density at radius 2 is 2.08 bits per heavy atom. The van der Waals surface area contributed by atoms with Gasteiger partial charge in [-0.15, -0.1) is 0 Å². The summed E-state index contributed by atoms with van der Waals surface area (Å²) in [7, 11) is 1.65. The molecule has 0 saturated heterocycles. The lowest BCUT2D eigenvalue weighted by atomic mass is 10.0. The third-order valence-corrected chi connectivity index (χ3v) is 4.31. The Morgan fingerprint density at radius 1 is 1.35 bits per heavy atom. The predicted molar refractivity (Wildman–Crippen MR) is 100.0 cm³/mol. The number of hydrogen-bond acceptors (Lipinski definition) is 5. The monoisotopic (exact) mass is 372 g/mol. The Balaban J connectivity index is 2.09. The third-order valence-electron chi connectivity index (χ3n) is 4.10. The van der Waals surface area contributed by atoms with Gasteiger partial charge >= 0.3 is 5.97 Å². The largest absolute Gasteiger partial charge is 0.476 e. The molecule has 2 heterocycles. The van der Waals surface area contributed by atoms with Crippen molar-refractivity contribution in [2.24, 2.45) is 7.05 Å². The van der Waals surface area contributed by atoms with Crippen molar-refractivity contribution < 1.29 is 9.90 Å². The number of nitrogens with zero attached hydrogens (tertiary/aromatic N) is 3. The van der Waals surface area contributed by atoms with Crippen LogP contribution in [0, 0.1) is 6.92 Å². The minimum Gasteiger partial charge on any atom is -0.476 e. The molecule has 134 valence electrons. The quantitative estimate of drug-likeness (QED) is 0.683. The molecule has 0 radical (unpaired) electrons. The number of carboxylic acids is 1. The van der Waals surface area contributed by atoms with Gasteiger partial charge < -0.3 is 15.0 Å². The van der Waals surface area contributed by atoms with Crippen LogP contribution in [0.3, 0.4) is 0 Å². The van der Waals surface area contributed by atoms with Crippen LogP contribution in [-0.2, 0) is 7.05 Å². The Labute approximate surface area is 154 Å². The van der Waals surface area contributed by atoms with Crippen LogP contribution in [0.2, 0.25) is 5.15 Å². The van der Waals surface area contributed by atoms with E-state index in [0.717, 1.165) is 11.1 Å². The standard InChI is InChI=1S/C18H17ClN4O3/c1-9-6-11(15-12(7-9)17(24)23(3)8-20-15)10(2)21-13-4-5-14(19)22-16(13)18(25)26/h4-8,10,21H,1-3H3,(H,25,26). The molecule has 1 unspecified atom stereocenters. The first-order chi connectivity index (χ1) is 12.3. The second kappa shape index (κ2) is 6.76. The average Bonchev–Trinajstić information content (AvgIpc) is 2.59. The maximum Gasteiger partial charge on any atom is 0.356 e. The van der Waals surface area contributed by atoms with E-state index in [4.69, 9.17) is 11.6 Å². The van der Waals surface area contributed by atoms with E-state index < -0.39 is 5.97 Å². The predicted octanol–water partition coefficient (Wildman–Crippen LogP) is 3.16. The molecule has 0 spiro atoms. The number of halogens is 1. The van der Waals surface area contributed by atoms with Gasteiger partial charge in [0.05, 0.1) is 29.0 Å². The number of aryl methyl sites for hydroxylation is 2. The third kappa shape index (κ3) is 3.25. The van der Waals surface area contributed by atoms with Crippen molar-refractivity contribution in [1.82, 2.24) is 14.5 Å². The number of anilines is 1. The summed E-state index contributed by atoms with van der Waals surface area (Å²) in [4.78, 5) is 32.1. The summed E-state index contributed by atoms with van der Waals surface area (Å²) in [6.45, 7) is 3.77. The zero-order chi connectivity index (χ0) is 19.0. The molecule has 2 N–H and O–H groups in total. The molecule has 0 saturated carbocycles. The molecule has 26 heavy (non-hydrogen) atoms. The van der Waals surface area contributed by atoms with E-state index in [2.05, 4.69) is 15.3 Å². The average molecular weight is 373 g/mol. The van der Waals surface area contributed by atoms with E-state index in [-0.39, 0.29) is 22.4 Å². The number of rotatable bonds is 4. The van der Waals surface area contributed by atoms with Crippen LogP contribution < -0.4 is 10.9 Å². The first-order valence-corrected chi connectivity index (χ1v) is 8.28. The van der Waals surface area contributed by atoms with Crippen molar-refractivity contribution >= 4 is 34.2 Å². The number of benzene rings is 1. The molecule has 8 heteroatoms. The van der Waals surface area contributed by atoms with Crippen LogP contribution in [0.1, 0.15) is 34.6 Å². The molecular formula is C18H17ClN4O3. The molecule has 1 atom stereocenters. The summed E-state index contributed by atoms with van der Waals surface area (Å²) in [5.74, 6) is -1.18. The van der Waals surface area contributed by atoms with Gasteiger partial charge in [0.15, 0.2) is 5.69 Å². The van der Waals surface area contributed by atoms with Crippen LogP contribution in [0.25, 0.3) is 10.9 Å². The smallest absolute Gasteiger partial charge is 0.356 e. The van der Waals surface area contributed by atoms with Gasteiger partial charge in [-0.25, -0.2) is 14.8 Å². The maximum atomic E-state index is 12.4. The van der Waals surface area contributed by atoms with E-state index in [0.29, 0.717) is 16.6 Å². The number of pyridine rings is 1. The van der Waals surface area contributed by atoms with Crippen LogP contribution in [-0.4, -0.2) is 25.6 Å². The molecule has 7 nitrogen and oxygen atoms in total. The van der Waals surface area contributed by atoms with E-state index >= 15 is 0 Å². The minimum absolute atomic E-state index is 0.103. The highest BCUT2D eigenvalue weighted by Crippen LogP contribution is 2.27. The fourth-order valence-corrected chi connectivity index (χ4v) is 3.00. The van der Waals surface area contributed by atoms with E-state index in [1.165, 1.54) is 17.0 Å². The maximum absolute atomic E-state index is 12.4. The van der Waals surface area contributed by atoms with Gasteiger partial charge in [-0.05, 0) is 37.6 Å². The van der Waals surface area contributed by atoms with Crippen molar-refractivity contribution in [2.45, 2.75) is 19.9 Å². The summed E-state index contributed by atoms with van der Waals surface area (Å²) < 4.78 is 1.43. The lowest BCUT2D eigenvalue weighted by Crippen LogP contribution is -2.19. The zero-order valence-corrected chi connectivity index (χ0v) is 15.2. The molecule has 3 aromatic rings. The molecular weight excluding hydrogens is 356 g/mol. The number of carboxylic acid groups (broad SMARTS) is 1. The van der Waals surface area contributed by atoms with Crippen LogP contribution in [0.15, 0.2) is 35.4 Å². The Hall–Kier alpha value is -2.93. The second-order valence-electron chi connectivity index (χ2n) is 6.11. The van der Waals surface area contributed by atoms with Crippen molar-refractivity contribution in [3.05, 3.63) is 62.9 Å². The fourth-order valence-electron chi connectivity index (χ4n) is 2.86. The molecule has 3 rings (SSSR count). The molecule has 0 amide bonds. The van der Waals surface area contributed by atoms with E-state index in [1.807, 2.05) is 19.9 Å². The molecule has 0 aliphatic heterocycles. The van der Waals surface area contributed by atoms with Gasteiger partial charge in [0.1, 0.15) is 5.15 Å². The van der Waals surface area contributed by atoms with Crippen molar-refractivity contribution in [3.8, 4) is 0 Å². The normalized spacial score (nSPS) is 12.2. The number of fused-ring (bicyclic) bond motifs is 1. The molecule has 0 aliphatic rings. The summed E-state index contributed by atoms with van der Waals surface area (Å²) in [6.07, 6.45) is 1.47. The van der Waals surface area contributed by atoms with Crippen molar-refractivity contribution in [1.29, 1.82) is 0 Å². The lowest BCUT2D eigenvalue weighted by molar-refractivity contribution is 0.0691. The Kier molecular flexibility index (Phi) is 4.65. The van der Waals surface area contributed by atoms with E-state index in [1.54, 1.807) is 19.2 Å². The highest BCUT2D eigenvalue weighted by molar-refractivity contribution is 6.29. The number of hydrogen-bond donors (Lipinski definition) is 2. The van der Waals surface area contributed by atoms with Crippen LogP contribution in [0.4, 0.5) is 5.69 Å². The van der Waals surface area contributed by atoms with E-state index in [9.17, 15) is 14.7 Å². The van der Waals surface area contributed by atoms with Crippen LogP contribution in [0.5, 0.6) is 0 Å². The van der Waals surface area contributed by atoms with Gasteiger partial charge in [-0.2, -0.15) is 0 Å². The van der Waals surface area contributed by atoms with Gasteiger partial charge in [-0.3, -0.25) is 4.79 Å². The summed E-state index contributed by atoms with van der Waals surface area (Å²) in [6, 6.07) is 6.51. The first kappa shape index (κ1) is 17.9. The van der Waals surface area contributed by atoms with Crippen molar-refractivity contribution in [2.75, 3.05) is 5.32 Å². The van der Waals surface area contributed by atoms with Gasteiger partial charge in [0.25, 0.3) is 5.56 Å². The zero-order valence-electron chi connectivity index (χ0n) is 14.4. The molecule has 1 aromatic carbocycles. The summed E-state index contributed by atoms with van der Waals surface area (Å²) in [5.41, 5.74) is 2.34. The molecule has 0 bridgehead atoms. The number of carbonyl (C=O) groups is 1. The minimum atomic E-state index is -1.18. The number of aromatic nitrogens is 3. The summed E-state index contributed by atoms with van der Waals surface area (Å²) in [5, 5.41) is 13.1. The molecule has 2 aromatic heterocycles. The highest BCUT2D eigenvalue weighted by Gasteiger charge is 2.18. The second-order valence-corrected chi connectivity index (χ2v) is 6.50. The fraction of sp³-hybridized carbons (Fsp3) is 0.222. The SMILES string of the molecule is Cc1cc(C(C)Nc2ccc(Cl)nc2C(=O)O)c2ncn(C)c(=O)c2c1. The van der Waals surface area contributed by atoms with Gasteiger partial charge in [0.2, 0.25) is 0 Å². The first-order valence-electron chi connectivity index (χ1n) is 7.90. The highest BCUT2D eigenvalue weighted by atomic mass is 35.5. The Morgan fingerprint density at radius 3 is 2.77 bits per heavy atom. The molecule has 0 aliphatic carbocycles. The van der Waals surface area contributed by atoms with Gasteiger partial charge in [0, 0.05) is 12.6 Å².